The smallest absolute Gasteiger partial charge is 0.330 e. The number of para-hydroxylation sites is 2. The molecule has 3 aromatic rings. The van der Waals surface area contributed by atoms with E-state index in [2.05, 4.69) is 12.6 Å². The van der Waals surface area contributed by atoms with Crippen LogP contribution in [0.5, 0.6) is 5.75 Å². The van der Waals surface area contributed by atoms with E-state index in [1.54, 1.807) is 11.3 Å². The van der Waals surface area contributed by atoms with Crippen molar-refractivity contribution in [2.45, 2.75) is 0 Å². The van der Waals surface area contributed by atoms with Gasteiger partial charge in [-0.1, -0.05) is 30.8 Å². The van der Waals surface area contributed by atoms with E-state index in [0.717, 1.165) is 32.6 Å². The van der Waals surface area contributed by atoms with Crippen molar-refractivity contribution in [2.75, 3.05) is 39.6 Å². The fourth-order valence-electron chi connectivity index (χ4n) is 2.55. The Labute approximate surface area is 173 Å². The average Bonchev–Trinajstić information content (AvgIpc) is 3.19. The second-order valence-electron chi connectivity index (χ2n) is 5.93. The lowest BCUT2D eigenvalue weighted by atomic mass is 10.2. The maximum Gasteiger partial charge on any atom is 0.330 e. The van der Waals surface area contributed by atoms with E-state index < -0.39 is 5.97 Å². The van der Waals surface area contributed by atoms with Crippen LogP contribution < -0.4 is 4.74 Å². The van der Waals surface area contributed by atoms with Gasteiger partial charge in [-0.2, -0.15) is 0 Å². The summed E-state index contributed by atoms with van der Waals surface area (Å²) >= 11 is 1.65. The van der Waals surface area contributed by atoms with Crippen molar-refractivity contribution in [1.29, 1.82) is 0 Å². The molecule has 0 saturated heterocycles. The monoisotopic (exact) mass is 413 g/mol. The third kappa shape index (κ3) is 6.39. The Balaban J connectivity index is 1.38. The summed E-state index contributed by atoms with van der Waals surface area (Å²) < 4.78 is 22.7. The quantitative estimate of drug-likeness (QED) is 0.253. The van der Waals surface area contributed by atoms with Crippen LogP contribution in [0, 0.1) is 0 Å². The normalized spacial score (nSPS) is 10.8. The molecule has 0 aliphatic carbocycles. The summed E-state index contributed by atoms with van der Waals surface area (Å²) in [4.78, 5) is 15.6. The van der Waals surface area contributed by atoms with E-state index >= 15 is 0 Å². The number of carbonyl (C=O) groups is 1. The molecule has 7 heteroatoms. The number of esters is 1. The highest BCUT2D eigenvalue weighted by Crippen LogP contribution is 2.35. The highest BCUT2D eigenvalue weighted by atomic mass is 32.1. The van der Waals surface area contributed by atoms with Crippen molar-refractivity contribution < 1.29 is 23.7 Å². The fourth-order valence-corrected chi connectivity index (χ4v) is 3.54. The molecule has 0 spiro atoms. The van der Waals surface area contributed by atoms with E-state index in [0.29, 0.717) is 33.0 Å². The molecule has 152 valence electrons. The lowest BCUT2D eigenvalue weighted by Crippen LogP contribution is -2.13. The van der Waals surface area contributed by atoms with Crippen molar-refractivity contribution in [1.82, 2.24) is 4.98 Å². The number of nitrogens with zero attached hydrogens (tertiary/aromatic N) is 1. The number of aromatic nitrogens is 1. The zero-order valence-corrected chi connectivity index (χ0v) is 16.9. The Morgan fingerprint density at radius 1 is 0.931 bits per heavy atom. The molecular weight excluding hydrogens is 390 g/mol. The Bertz CT molecular complexity index is 907. The first-order valence-electron chi connectivity index (χ1n) is 9.30. The van der Waals surface area contributed by atoms with Crippen LogP contribution in [0.25, 0.3) is 20.8 Å². The lowest BCUT2D eigenvalue weighted by Gasteiger charge is -2.10. The van der Waals surface area contributed by atoms with Gasteiger partial charge in [0, 0.05) is 6.08 Å². The Hall–Kier alpha value is -2.74. The van der Waals surface area contributed by atoms with Gasteiger partial charge < -0.3 is 18.9 Å². The van der Waals surface area contributed by atoms with Crippen LogP contribution in [-0.2, 0) is 19.0 Å². The van der Waals surface area contributed by atoms with Gasteiger partial charge in [-0.05, 0) is 24.3 Å². The second kappa shape index (κ2) is 11.3. The molecular formula is C22H23NO5S. The number of benzene rings is 2. The van der Waals surface area contributed by atoms with Gasteiger partial charge >= 0.3 is 5.97 Å². The largest absolute Gasteiger partial charge is 0.490 e. The van der Waals surface area contributed by atoms with Gasteiger partial charge in [0.25, 0.3) is 0 Å². The number of hydrogen-bond acceptors (Lipinski definition) is 7. The minimum atomic E-state index is -0.451. The highest BCUT2D eigenvalue weighted by molar-refractivity contribution is 7.21. The van der Waals surface area contributed by atoms with E-state index in [1.807, 2.05) is 42.5 Å². The van der Waals surface area contributed by atoms with E-state index in [1.165, 1.54) is 0 Å². The molecule has 0 saturated carbocycles. The van der Waals surface area contributed by atoms with Crippen LogP contribution >= 0.6 is 11.3 Å². The van der Waals surface area contributed by atoms with Crippen LogP contribution in [0.3, 0.4) is 0 Å². The average molecular weight is 413 g/mol. The maximum absolute atomic E-state index is 10.9. The van der Waals surface area contributed by atoms with Gasteiger partial charge in [0.15, 0.2) is 0 Å². The summed E-state index contributed by atoms with van der Waals surface area (Å²) in [5.41, 5.74) is 1.97. The molecule has 0 aliphatic rings. The number of fused-ring (bicyclic) bond motifs is 1. The molecule has 0 amide bonds. The summed E-state index contributed by atoms with van der Waals surface area (Å²) in [6.07, 6.45) is 1.12. The van der Waals surface area contributed by atoms with Gasteiger partial charge in [-0.15, -0.1) is 11.3 Å². The summed E-state index contributed by atoms with van der Waals surface area (Å²) in [6.45, 7) is 5.60. The topological polar surface area (TPSA) is 66.9 Å². The number of thiazole rings is 1. The standard InChI is InChI=1S/C22H23NO5S/c1-2-21(24)28-16-14-26-12-11-25-13-15-27-19-9-5-3-7-17(19)22-23-18-8-4-6-10-20(18)29-22/h2-10H,1,11-16H2. The highest BCUT2D eigenvalue weighted by Gasteiger charge is 2.11. The molecule has 6 nitrogen and oxygen atoms in total. The molecule has 3 rings (SSSR count). The van der Waals surface area contributed by atoms with Crippen molar-refractivity contribution >= 4 is 27.5 Å². The SMILES string of the molecule is C=CC(=O)OCCOCCOCCOc1ccccc1-c1nc2ccccc2s1. The van der Waals surface area contributed by atoms with Gasteiger partial charge in [0.05, 0.1) is 42.2 Å². The number of rotatable bonds is 12. The van der Waals surface area contributed by atoms with E-state index in [9.17, 15) is 4.79 Å². The van der Waals surface area contributed by atoms with E-state index in [4.69, 9.17) is 23.9 Å². The lowest BCUT2D eigenvalue weighted by molar-refractivity contribution is -0.139. The molecule has 0 fully saturated rings. The van der Waals surface area contributed by atoms with Gasteiger partial charge in [0.2, 0.25) is 0 Å². The van der Waals surface area contributed by atoms with E-state index in [-0.39, 0.29) is 6.61 Å². The van der Waals surface area contributed by atoms with Crippen LogP contribution in [-0.4, -0.2) is 50.6 Å². The van der Waals surface area contributed by atoms with Crippen LogP contribution in [0.15, 0.2) is 61.2 Å². The van der Waals surface area contributed by atoms with Crippen LogP contribution in [0.4, 0.5) is 0 Å². The molecule has 1 aromatic heterocycles. The van der Waals surface area contributed by atoms with Crippen molar-refractivity contribution in [2.24, 2.45) is 0 Å². The zero-order valence-electron chi connectivity index (χ0n) is 16.0. The molecule has 0 unspecified atom stereocenters. The molecule has 0 N–H and O–H groups in total. The first kappa shape index (κ1) is 21.0. The predicted molar refractivity (Wildman–Crippen MR) is 113 cm³/mol. The summed E-state index contributed by atoms with van der Waals surface area (Å²) in [6, 6.07) is 16.0. The molecule has 0 aliphatic heterocycles. The molecule has 29 heavy (non-hydrogen) atoms. The van der Waals surface area contributed by atoms with Gasteiger partial charge in [0.1, 0.15) is 24.0 Å². The Morgan fingerprint density at radius 3 is 2.41 bits per heavy atom. The van der Waals surface area contributed by atoms with Crippen molar-refractivity contribution in [3.63, 3.8) is 0 Å². The van der Waals surface area contributed by atoms with Crippen LogP contribution in [0.1, 0.15) is 0 Å². The Morgan fingerprint density at radius 2 is 1.62 bits per heavy atom. The third-order valence-corrected chi connectivity index (χ3v) is 4.98. The van der Waals surface area contributed by atoms with Gasteiger partial charge in [-0.25, -0.2) is 9.78 Å². The van der Waals surface area contributed by atoms with Crippen molar-refractivity contribution in [3.05, 3.63) is 61.2 Å². The fraction of sp³-hybridized carbons (Fsp3) is 0.273. The maximum atomic E-state index is 10.9. The molecule has 2 aromatic carbocycles. The summed E-state index contributed by atoms with van der Waals surface area (Å²) in [5, 5.41) is 0.938. The number of hydrogen-bond donors (Lipinski definition) is 0. The second-order valence-corrected chi connectivity index (χ2v) is 6.96. The van der Waals surface area contributed by atoms with Gasteiger partial charge in [-0.3, -0.25) is 0 Å². The summed E-state index contributed by atoms with van der Waals surface area (Å²) in [5.74, 6) is 0.337. The molecule has 0 radical (unpaired) electrons. The number of ether oxygens (including phenoxy) is 4. The number of carbonyl (C=O) groups excluding carboxylic acids is 1. The third-order valence-electron chi connectivity index (χ3n) is 3.91. The first-order valence-corrected chi connectivity index (χ1v) is 10.1. The molecule has 1 heterocycles. The predicted octanol–water partition coefficient (Wildman–Crippen LogP) is 4.10. The zero-order chi connectivity index (χ0) is 20.3. The first-order chi connectivity index (χ1) is 14.3. The minimum absolute atomic E-state index is 0.205. The summed E-state index contributed by atoms with van der Waals surface area (Å²) in [7, 11) is 0. The molecule has 0 bridgehead atoms. The molecule has 0 atom stereocenters. The Kier molecular flexibility index (Phi) is 8.18. The van der Waals surface area contributed by atoms with Crippen LogP contribution in [0.2, 0.25) is 0 Å². The van der Waals surface area contributed by atoms with Crippen molar-refractivity contribution in [3.8, 4) is 16.3 Å². The minimum Gasteiger partial charge on any atom is -0.490 e.